The van der Waals surface area contributed by atoms with Gasteiger partial charge in [-0.2, -0.15) is 0 Å². The van der Waals surface area contributed by atoms with Gasteiger partial charge in [-0.15, -0.1) is 0 Å². The number of likely N-dealkylation sites (tertiary alicyclic amines) is 1. The van der Waals surface area contributed by atoms with E-state index in [-0.39, 0.29) is 30.6 Å². The molecule has 1 aliphatic carbocycles. The van der Waals surface area contributed by atoms with Crippen molar-refractivity contribution in [2.45, 2.75) is 57.0 Å². The fourth-order valence-corrected chi connectivity index (χ4v) is 3.89. The van der Waals surface area contributed by atoms with Gasteiger partial charge in [-0.1, -0.05) is 49.6 Å². The first kappa shape index (κ1) is 17.0. The number of hydrogen-bond donors (Lipinski definition) is 2. The third-order valence-corrected chi connectivity index (χ3v) is 5.09. The molecule has 1 unspecified atom stereocenters. The molecular formula is C19H27N3O2. The molecular weight excluding hydrogens is 302 g/mol. The van der Waals surface area contributed by atoms with E-state index in [1.807, 2.05) is 18.2 Å². The van der Waals surface area contributed by atoms with Crippen LogP contribution >= 0.6 is 0 Å². The van der Waals surface area contributed by atoms with Crippen LogP contribution in [0.1, 0.15) is 56.6 Å². The molecule has 5 nitrogen and oxygen atoms in total. The summed E-state index contributed by atoms with van der Waals surface area (Å²) in [5, 5.41) is 5.42. The molecule has 1 saturated carbocycles. The maximum Gasteiger partial charge on any atom is 0.321 e. The van der Waals surface area contributed by atoms with Crippen LogP contribution in [0.3, 0.4) is 0 Å². The van der Waals surface area contributed by atoms with E-state index in [0.29, 0.717) is 0 Å². The predicted molar refractivity (Wildman–Crippen MR) is 93.5 cm³/mol. The highest BCUT2D eigenvalue weighted by Gasteiger charge is 2.28. The van der Waals surface area contributed by atoms with Crippen molar-refractivity contribution in [3.05, 3.63) is 35.9 Å². The first-order valence-corrected chi connectivity index (χ1v) is 9.12. The molecule has 1 aliphatic heterocycles. The minimum atomic E-state index is -0.345. The zero-order valence-electron chi connectivity index (χ0n) is 14.2. The molecule has 1 saturated heterocycles. The van der Waals surface area contributed by atoms with Crippen LogP contribution in [0.15, 0.2) is 30.3 Å². The van der Waals surface area contributed by atoms with Crippen LogP contribution in [-0.4, -0.2) is 36.0 Å². The van der Waals surface area contributed by atoms with Crippen LogP contribution in [0.5, 0.6) is 0 Å². The van der Waals surface area contributed by atoms with Gasteiger partial charge >= 0.3 is 6.03 Å². The second kappa shape index (κ2) is 8.29. The number of rotatable bonds is 4. The predicted octanol–water partition coefficient (Wildman–Crippen LogP) is 2.98. The number of benzene rings is 1. The summed E-state index contributed by atoms with van der Waals surface area (Å²) < 4.78 is 0. The second-order valence-corrected chi connectivity index (χ2v) is 6.90. The van der Waals surface area contributed by atoms with Gasteiger partial charge in [0.05, 0.1) is 6.54 Å². The van der Waals surface area contributed by atoms with Crippen LogP contribution < -0.4 is 10.6 Å². The van der Waals surface area contributed by atoms with Crippen molar-refractivity contribution in [1.29, 1.82) is 0 Å². The average molecular weight is 329 g/mol. The molecule has 2 fully saturated rings. The molecule has 1 atom stereocenters. The zero-order valence-corrected chi connectivity index (χ0v) is 14.2. The highest BCUT2D eigenvalue weighted by Crippen LogP contribution is 2.31. The van der Waals surface area contributed by atoms with Gasteiger partial charge in [0, 0.05) is 12.1 Å². The van der Waals surface area contributed by atoms with Crippen molar-refractivity contribution in [2.24, 2.45) is 0 Å². The Labute approximate surface area is 143 Å². The number of carbonyl (C=O) groups is 2. The first-order chi connectivity index (χ1) is 11.7. The van der Waals surface area contributed by atoms with Gasteiger partial charge in [-0.05, 0) is 37.8 Å². The summed E-state index contributed by atoms with van der Waals surface area (Å²) >= 11 is 0. The Morgan fingerprint density at radius 3 is 2.50 bits per heavy atom. The molecule has 3 amide bonds. The maximum atomic E-state index is 12.2. The third kappa shape index (κ3) is 4.57. The van der Waals surface area contributed by atoms with E-state index in [0.717, 1.165) is 45.1 Å². The minimum Gasteiger partial charge on any atom is -0.335 e. The molecule has 1 aromatic carbocycles. The summed E-state index contributed by atoms with van der Waals surface area (Å²) in [6.07, 6.45) is 7.74. The first-order valence-electron chi connectivity index (χ1n) is 9.12. The van der Waals surface area contributed by atoms with Crippen LogP contribution in [-0.2, 0) is 4.79 Å². The molecule has 0 radical (unpaired) electrons. The number of imide groups is 1. The lowest BCUT2D eigenvalue weighted by Gasteiger charge is -2.25. The van der Waals surface area contributed by atoms with E-state index in [1.165, 1.54) is 12.0 Å². The number of nitrogens with one attached hydrogen (secondary N) is 2. The van der Waals surface area contributed by atoms with Crippen LogP contribution in [0.25, 0.3) is 0 Å². The molecule has 0 aromatic heterocycles. The molecule has 0 bridgehead atoms. The zero-order chi connectivity index (χ0) is 16.8. The summed E-state index contributed by atoms with van der Waals surface area (Å²) in [6, 6.07) is 10.4. The second-order valence-electron chi connectivity index (χ2n) is 6.90. The lowest BCUT2D eigenvalue weighted by Crippen LogP contribution is -2.47. The minimum absolute atomic E-state index is 0.217. The standard InChI is InChI=1S/C19H27N3O2/c23-18(21-19(24)20-16-10-5-2-6-11-16)14-22-13-7-12-17(22)15-8-3-1-4-9-15/h1,3-4,8-9,16-17H,2,5-7,10-14H2,(H2,20,21,23,24). The van der Waals surface area contributed by atoms with E-state index < -0.39 is 0 Å². The normalized spacial score (nSPS) is 22.2. The molecule has 24 heavy (non-hydrogen) atoms. The van der Waals surface area contributed by atoms with E-state index in [4.69, 9.17) is 0 Å². The fraction of sp³-hybridized carbons (Fsp3) is 0.579. The van der Waals surface area contributed by atoms with Crippen molar-refractivity contribution < 1.29 is 9.59 Å². The Balaban J connectivity index is 1.48. The summed E-state index contributed by atoms with van der Waals surface area (Å²) in [4.78, 5) is 26.4. The number of hydrogen-bond acceptors (Lipinski definition) is 3. The molecule has 1 heterocycles. The van der Waals surface area contributed by atoms with Gasteiger partial charge in [0.2, 0.25) is 5.91 Å². The van der Waals surface area contributed by atoms with Crippen LogP contribution in [0.2, 0.25) is 0 Å². The fourth-order valence-electron chi connectivity index (χ4n) is 3.89. The van der Waals surface area contributed by atoms with Gasteiger partial charge in [-0.3, -0.25) is 15.0 Å². The lowest BCUT2D eigenvalue weighted by atomic mass is 9.96. The third-order valence-electron chi connectivity index (χ3n) is 5.09. The molecule has 130 valence electrons. The summed E-state index contributed by atoms with van der Waals surface area (Å²) in [6.45, 7) is 1.18. The Hall–Kier alpha value is -1.88. The van der Waals surface area contributed by atoms with E-state index in [1.54, 1.807) is 0 Å². The van der Waals surface area contributed by atoms with Crippen LogP contribution in [0.4, 0.5) is 4.79 Å². The lowest BCUT2D eigenvalue weighted by molar-refractivity contribution is -0.121. The number of carbonyl (C=O) groups excluding carboxylic acids is 2. The van der Waals surface area contributed by atoms with Crippen LogP contribution in [0, 0.1) is 0 Å². The van der Waals surface area contributed by atoms with Crippen molar-refractivity contribution in [1.82, 2.24) is 15.5 Å². The van der Waals surface area contributed by atoms with Gasteiger partial charge < -0.3 is 5.32 Å². The molecule has 0 spiro atoms. The highest BCUT2D eigenvalue weighted by atomic mass is 16.2. The topological polar surface area (TPSA) is 61.4 Å². The number of nitrogens with zero attached hydrogens (tertiary/aromatic N) is 1. The van der Waals surface area contributed by atoms with Crippen molar-refractivity contribution >= 4 is 11.9 Å². The van der Waals surface area contributed by atoms with Crippen molar-refractivity contribution in [3.8, 4) is 0 Å². The number of urea groups is 1. The summed E-state index contributed by atoms with van der Waals surface area (Å²) in [7, 11) is 0. The molecule has 2 N–H and O–H groups in total. The van der Waals surface area contributed by atoms with E-state index >= 15 is 0 Å². The SMILES string of the molecule is O=C(CN1CCCC1c1ccccc1)NC(=O)NC1CCCCC1. The Bertz CT molecular complexity index is 555. The van der Waals surface area contributed by atoms with Gasteiger partial charge in [0.1, 0.15) is 0 Å². The van der Waals surface area contributed by atoms with Gasteiger partial charge in [0.15, 0.2) is 0 Å². The quantitative estimate of drug-likeness (QED) is 0.893. The Kier molecular flexibility index (Phi) is 5.86. The monoisotopic (exact) mass is 329 g/mol. The van der Waals surface area contributed by atoms with Crippen molar-refractivity contribution in [3.63, 3.8) is 0 Å². The largest absolute Gasteiger partial charge is 0.335 e. The number of amides is 3. The molecule has 2 aliphatic rings. The maximum absolute atomic E-state index is 12.2. The summed E-state index contributed by atoms with van der Waals surface area (Å²) in [5.74, 6) is -0.217. The van der Waals surface area contributed by atoms with Gasteiger partial charge in [-0.25, -0.2) is 4.79 Å². The van der Waals surface area contributed by atoms with Crippen molar-refractivity contribution in [2.75, 3.05) is 13.1 Å². The summed E-state index contributed by atoms with van der Waals surface area (Å²) in [5.41, 5.74) is 1.24. The van der Waals surface area contributed by atoms with E-state index in [2.05, 4.69) is 27.7 Å². The molecule has 3 rings (SSSR count). The Morgan fingerprint density at radius 2 is 1.75 bits per heavy atom. The smallest absolute Gasteiger partial charge is 0.321 e. The van der Waals surface area contributed by atoms with Gasteiger partial charge in [0.25, 0.3) is 0 Å². The molecule has 1 aromatic rings. The highest BCUT2D eigenvalue weighted by molar-refractivity contribution is 5.95. The average Bonchev–Trinajstić information content (AvgIpc) is 3.04. The molecule has 5 heteroatoms. The Morgan fingerprint density at radius 1 is 1.00 bits per heavy atom. The van der Waals surface area contributed by atoms with E-state index in [9.17, 15) is 9.59 Å².